The van der Waals surface area contributed by atoms with Crippen molar-refractivity contribution >= 4 is 17.7 Å². The van der Waals surface area contributed by atoms with Crippen molar-refractivity contribution in [2.75, 3.05) is 7.05 Å². The molecule has 0 bridgehead atoms. The van der Waals surface area contributed by atoms with E-state index in [0.29, 0.717) is 5.92 Å². The van der Waals surface area contributed by atoms with Crippen LogP contribution in [0, 0.1) is 0 Å². The van der Waals surface area contributed by atoms with Gasteiger partial charge in [0.15, 0.2) is 0 Å². The minimum Gasteiger partial charge on any atom is -0.329 e. The van der Waals surface area contributed by atoms with Crippen molar-refractivity contribution < 1.29 is 4.79 Å². The maximum atomic E-state index is 11.8. The number of rotatable bonds is 2. The molecule has 0 unspecified atom stereocenters. The Morgan fingerprint density at radius 2 is 1.82 bits per heavy atom. The Morgan fingerprint density at radius 1 is 1.24 bits per heavy atom. The van der Waals surface area contributed by atoms with Crippen LogP contribution in [0.1, 0.15) is 43.2 Å². The second-order valence-electron chi connectivity index (χ2n) is 4.90. The average Bonchev–Trinajstić information content (AvgIpc) is 2.57. The molecule has 92 valence electrons. The van der Waals surface area contributed by atoms with Crippen LogP contribution in [0.25, 0.3) is 0 Å². The molecule has 2 atom stereocenters. The van der Waals surface area contributed by atoms with Gasteiger partial charge in [0, 0.05) is 7.05 Å². The molecule has 1 saturated heterocycles. The van der Waals surface area contributed by atoms with Crippen molar-refractivity contribution in [3.8, 4) is 0 Å². The minimum absolute atomic E-state index is 0.0785. The fourth-order valence-corrected chi connectivity index (χ4v) is 3.36. The van der Waals surface area contributed by atoms with Crippen molar-refractivity contribution in [1.29, 1.82) is 0 Å². The summed E-state index contributed by atoms with van der Waals surface area (Å²) in [5, 5.41) is 0.258. The van der Waals surface area contributed by atoms with Crippen LogP contribution in [0.3, 0.4) is 0 Å². The van der Waals surface area contributed by atoms with Crippen molar-refractivity contribution in [2.24, 2.45) is 0 Å². The van der Waals surface area contributed by atoms with Crippen LogP contribution in [0.5, 0.6) is 0 Å². The summed E-state index contributed by atoms with van der Waals surface area (Å²) in [6, 6.07) is 8.63. The third-order valence-corrected chi connectivity index (χ3v) is 4.72. The topological polar surface area (TPSA) is 20.3 Å². The van der Waals surface area contributed by atoms with E-state index in [2.05, 4.69) is 38.1 Å². The van der Waals surface area contributed by atoms with Gasteiger partial charge in [-0.15, -0.1) is 11.8 Å². The lowest BCUT2D eigenvalue weighted by atomic mass is 10.0. The summed E-state index contributed by atoms with van der Waals surface area (Å²) in [4.78, 5) is 13.6. The molecule has 0 spiro atoms. The van der Waals surface area contributed by atoms with Crippen LogP contribution in [0.15, 0.2) is 24.3 Å². The monoisotopic (exact) mass is 249 g/mol. The highest BCUT2D eigenvalue weighted by Gasteiger charge is 2.35. The van der Waals surface area contributed by atoms with Crippen molar-refractivity contribution in [3.05, 3.63) is 35.4 Å². The molecule has 1 heterocycles. The molecule has 1 aromatic rings. The first-order valence-corrected chi connectivity index (χ1v) is 6.97. The van der Waals surface area contributed by atoms with Crippen molar-refractivity contribution in [3.63, 3.8) is 0 Å². The van der Waals surface area contributed by atoms with Gasteiger partial charge in [-0.25, -0.2) is 0 Å². The van der Waals surface area contributed by atoms with Gasteiger partial charge in [-0.2, -0.15) is 0 Å². The Morgan fingerprint density at radius 3 is 2.24 bits per heavy atom. The molecule has 17 heavy (non-hydrogen) atoms. The molecule has 1 aliphatic heterocycles. The smallest absolute Gasteiger partial charge is 0.236 e. The molecular weight excluding hydrogens is 230 g/mol. The molecule has 1 aromatic carbocycles. The standard InChI is InChI=1S/C14H19NOS/c1-9(2)11-5-7-12(8-6-11)14-15(4)13(16)10(3)17-14/h5-10,14H,1-4H3/t10-,14+/m0/s1. The number of hydrogen-bond acceptors (Lipinski definition) is 2. The highest BCUT2D eigenvalue weighted by molar-refractivity contribution is 8.01. The van der Waals surface area contributed by atoms with E-state index in [1.807, 2.05) is 18.9 Å². The van der Waals surface area contributed by atoms with Gasteiger partial charge in [-0.05, 0) is 24.0 Å². The highest BCUT2D eigenvalue weighted by Crippen LogP contribution is 2.41. The van der Waals surface area contributed by atoms with E-state index in [9.17, 15) is 4.79 Å². The number of amides is 1. The van der Waals surface area contributed by atoms with Gasteiger partial charge in [0.2, 0.25) is 5.91 Å². The van der Waals surface area contributed by atoms with Crippen LogP contribution >= 0.6 is 11.8 Å². The van der Waals surface area contributed by atoms with Gasteiger partial charge in [-0.1, -0.05) is 38.1 Å². The Bertz CT molecular complexity index is 413. The fraction of sp³-hybridized carbons (Fsp3) is 0.500. The maximum absolute atomic E-state index is 11.8. The molecule has 2 nitrogen and oxygen atoms in total. The summed E-state index contributed by atoms with van der Waals surface area (Å²) in [5.74, 6) is 0.784. The molecule has 0 saturated carbocycles. The van der Waals surface area contributed by atoms with Gasteiger partial charge in [-0.3, -0.25) is 4.79 Å². The Kier molecular flexibility index (Phi) is 3.48. The normalized spacial score (nSPS) is 24.8. The Labute approximate surface area is 107 Å². The van der Waals surface area contributed by atoms with Gasteiger partial charge in [0.1, 0.15) is 5.37 Å². The average molecular weight is 249 g/mol. The zero-order valence-corrected chi connectivity index (χ0v) is 11.6. The predicted octanol–water partition coefficient (Wildman–Crippen LogP) is 3.40. The van der Waals surface area contributed by atoms with Crippen LogP contribution in [-0.2, 0) is 4.79 Å². The van der Waals surface area contributed by atoms with E-state index in [4.69, 9.17) is 0 Å². The third-order valence-electron chi connectivity index (χ3n) is 3.27. The van der Waals surface area contributed by atoms with Crippen LogP contribution in [0.2, 0.25) is 0 Å². The van der Waals surface area contributed by atoms with Crippen molar-refractivity contribution in [2.45, 2.75) is 37.3 Å². The van der Waals surface area contributed by atoms with Gasteiger partial charge >= 0.3 is 0 Å². The number of benzene rings is 1. The van der Waals surface area contributed by atoms with E-state index in [-0.39, 0.29) is 16.5 Å². The van der Waals surface area contributed by atoms with Gasteiger partial charge in [0.05, 0.1) is 5.25 Å². The third kappa shape index (κ3) is 2.34. The molecular formula is C14H19NOS. The van der Waals surface area contributed by atoms with E-state index in [1.54, 1.807) is 11.8 Å². The maximum Gasteiger partial charge on any atom is 0.236 e. The van der Waals surface area contributed by atoms with Gasteiger partial charge in [0.25, 0.3) is 0 Å². The number of nitrogens with zero attached hydrogens (tertiary/aromatic N) is 1. The van der Waals surface area contributed by atoms with E-state index >= 15 is 0 Å². The lowest BCUT2D eigenvalue weighted by molar-refractivity contribution is -0.128. The SMILES string of the molecule is CC(C)c1ccc([C@H]2S[C@@H](C)C(=O)N2C)cc1. The number of carbonyl (C=O) groups excluding carboxylic acids is 1. The second-order valence-corrected chi connectivity index (χ2v) is 6.33. The quantitative estimate of drug-likeness (QED) is 0.800. The number of hydrogen-bond donors (Lipinski definition) is 0. The fourth-order valence-electron chi connectivity index (χ4n) is 2.09. The Hall–Kier alpha value is -0.960. The van der Waals surface area contributed by atoms with Crippen LogP contribution < -0.4 is 0 Å². The largest absolute Gasteiger partial charge is 0.329 e. The molecule has 2 rings (SSSR count). The zero-order valence-electron chi connectivity index (χ0n) is 10.8. The molecule has 0 radical (unpaired) electrons. The lowest BCUT2D eigenvalue weighted by Crippen LogP contribution is -2.25. The summed E-state index contributed by atoms with van der Waals surface area (Å²) in [6.45, 7) is 6.36. The van der Waals surface area contributed by atoms with Crippen LogP contribution in [0.4, 0.5) is 0 Å². The first-order chi connectivity index (χ1) is 8.00. The number of thioether (sulfide) groups is 1. The van der Waals surface area contributed by atoms with Crippen molar-refractivity contribution in [1.82, 2.24) is 4.90 Å². The van der Waals surface area contributed by atoms with E-state index in [0.717, 1.165) is 0 Å². The molecule has 1 amide bonds. The summed E-state index contributed by atoms with van der Waals surface area (Å²) in [5.41, 5.74) is 2.57. The minimum atomic E-state index is 0.0785. The second kappa shape index (κ2) is 4.73. The lowest BCUT2D eigenvalue weighted by Gasteiger charge is -2.19. The van der Waals surface area contributed by atoms with Crippen LogP contribution in [-0.4, -0.2) is 23.1 Å². The first kappa shape index (κ1) is 12.5. The van der Waals surface area contributed by atoms with E-state index in [1.165, 1.54) is 11.1 Å². The first-order valence-electron chi connectivity index (χ1n) is 6.02. The molecule has 1 aliphatic rings. The summed E-state index contributed by atoms with van der Waals surface area (Å²) >= 11 is 1.73. The highest BCUT2D eigenvalue weighted by atomic mass is 32.2. The van der Waals surface area contributed by atoms with Gasteiger partial charge < -0.3 is 4.90 Å². The molecule has 0 N–H and O–H groups in total. The Balaban J connectivity index is 2.21. The summed E-state index contributed by atoms with van der Waals surface area (Å²) in [6.07, 6.45) is 0. The zero-order chi connectivity index (χ0) is 12.6. The summed E-state index contributed by atoms with van der Waals surface area (Å²) in [7, 11) is 1.89. The molecule has 0 aliphatic carbocycles. The number of carbonyl (C=O) groups is 1. The van der Waals surface area contributed by atoms with E-state index < -0.39 is 0 Å². The molecule has 1 fully saturated rings. The molecule has 3 heteroatoms. The predicted molar refractivity (Wildman–Crippen MR) is 73.1 cm³/mol. The summed E-state index contributed by atoms with van der Waals surface area (Å²) < 4.78 is 0. The molecule has 0 aromatic heterocycles.